The van der Waals surface area contributed by atoms with Crippen LogP contribution in [0.25, 0.3) is 11.0 Å². The molecule has 0 unspecified atom stereocenters. The van der Waals surface area contributed by atoms with Crippen LogP contribution in [0.3, 0.4) is 0 Å². The fourth-order valence-electron chi connectivity index (χ4n) is 2.63. The lowest BCUT2D eigenvalue weighted by Crippen LogP contribution is -2.44. The molecule has 106 valence electrons. The predicted octanol–water partition coefficient (Wildman–Crippen LogP) is 1.15. The number of para-hydroxylation sites is 2. The van der Waals surface area contributed by atoms with Crippen molar-refractivity contribution in [3.8, 4) is 0 Å². The maximum absolute atomic E-state index is 12.4. The number of benzene rings is 1. The molecule has 0 N–H and O–H groups in total. The van der Waals surface area contributed by atoms with Crippen molar-refractivity contribution in [1.82, 2.24) is 14.5 Å². The maximum atomic E-state index is 12.4. The van der Waals surface area contributed by atoms with Gasteiger partial charge in [0.15, 0.2) is 0 Å². The number of aryl methyl sites for hydroxylation is 1. The van der Waals surface area contributed by atoms with Crippen LogP contribution in [0.2, 0.25) is 0 Å². The Bertz CT molecular complexity index is 680. The van der Waals surface area contributed by atoms with Crippen molar-refractivity contribution in [2.45, 2.75) is 19.5 Å². The van der Waals surface area contributed by atoms with E-state index in [1.54, 1.807) is 11.6 Å². The van der Waals surface area contributed by atoms with Gasteiger partial charge in [-0.05, 0) is 19.1 Å². The number of rotatable bonds is 2. The highest BCUT2D eigenvalue weighted by atomic mass is 16.5. The average molecular weight is 273 g/mol. The Morgan fingerprint density at radius 3 is 3.00 bits per heavy atom. The molecule has 0 bridgehead atoms. The van der Waals surface area contributed by atoms with Gasteiger partial charge in [-0.2, -0.15) is 0 Å². The van der Waals surface area contributed by atoms with Crippen molar-refractivity contribution in [1.29, 1.82) is 0 Å². The first-order valence-corrected chi connectivity index (χ1v) is 6.93. The molecular weight excluding hydrogens is 254 g/mol. The largest absolute Gasteiger partial charge is 0.379 e. The van der Waals surface area contributed by atoms with Crippen LogP contribution in [0.15, 0.2) is 29.1 Å². The third-order valence-electron chi connectivity index (χ3n) is 3.91. The Hall–Kier alpha value is -1.72. The lowest BCUT2D eigenvalue weighted by molar-refractivity contribution is -0.00509. The first-order chi connectivity index (χ1) is 9.66. The number of ether oxygens (including phenoxy) is 1. The molecule has 1 fully saturated rings. The Kier molecular flexibility index (Phi) is 3.54. The zero-order valence-electron chi connectivity index (χ0n) is 11.9. The SMILES string of the molecule is C[C@H]1COCCN1Cc1nc2ccccc2n(C)c1=O. The normalized spacial score (nSPS) is 20.4. The third-order valence-corrected chi connectivity index (χ3v) is 3.91. The minimum absolute atomic E-state index is 0.0117. The summed E-state index contributed by atoms with van der Waals surface area (Å²) in [6, 6.07) is 8.06. The molecule has 1 aromatic carbocycles. The molecule has 20 heavy (non-hydrogen) atoms. The first kappa shape index (κ1) is 13.3. The van der Waals surface area contributed by atoms with E-state index < -0.39 is 0 Å². The molecule has 3 rings (SSSR count). The summed E-state index contributed by atoms with van der Waals surface area (Å²) >= 11 is 0. The highest BCUT2D eigenvalue weighted by Crippen LogP contribution is 2.12. The molecule has 0 aliphatic carbocycles. The molecule has 0 spiro atoms. The van der Waals surface area contributed by atoms with Gasteiger partial charge in [-0.1, -0.05) is 12.1 Å². The van der Waals surface area contributed by atoms with Crippen molar-refractivity contribution >= 4 is 11.0 Å². The van der Waals surface area contributed by atoms with Gasteiger partial charge in [0, 0.05) is 26.2 Å². The zero-order chi connectivity index (χ0) is 14.1. The van der Waals surface area contributed by atoms with Crippen LogP contribution in [0.1, 0.15) is 12.6 Å². The number of aromatic nitrogens is 2. The Morgan fingerprint density at radius 1 is 1.40 bits per heavy atom. The van der Waals surface area contributed by atoms with E-state index in [9.17, 15) is 4.79 Å². The maximum Gasteiger partial charge on any atom is 0.273 e. The van der Waals surface area contributed by atoms with Crippen LogP contribution >= 0.6 is 0 Å². The van der Waals surface area contributed by atoms with Crippen molar-refractivity contribution in [3.05, 3.63) is 40.3 Å². The van der Waals surface area contributed by atoms with Crippen molar-refractivity contribution in [2.75, 3.05) is 19.8 Å². The van der Waals surface area contributed by atoms with Gasteiger partial charge in [0.05, 0.1) is 24.2 Å². The highest BCUT2D eigenvalue weighted by Gasteiger charge is 2.21. The van der Waals surface area contributed by atoms with Crippen LogP contribution in [0, 0.1) is 0 Å². The van der Waals surface area contributed by atoms with Gasteiger partial charge >= 0.3 is 0 Å². The number of hydrogen-bond donors (Lipinski definition) is 0. The van der Waals surface area contributed by atoms with Crippen molar-refractivity contribution in [3.63, 3.8) is 0 Å². The molecule has 0 amide bonds. The fourth-order valence-corrected chi connectivity index (χ4v) is 2.63. The molecule has 1 atom stereocenters. The van der Waals surface area contributed by atoms with Crippen LogP contribution in [-0.2, 0) is 18.3 Å². The van der Waals surface area contributed by atoms with E-state index in [0.717, 1.165) is 24.2 Å². The summed E-state index contributed by atoms with van der Waals surface area (Å²) in [7, 11) is 1.80. The summed E-state index contributed by atoms with van der Waals surface area (Å²) in [5.74, 6) is 0. The molecule has 5 heteroatoms. The summed E-state index contributed by atoms with van der Waals surface area (Å²) in [4.78, 5) is 19.2. The van der Waals surface area contributed by atoms with E-state index in [1.807, 2.05) is 24.3 Å². The van der Waals surface area contributed by atoms with Crippen LogP contribution in [-0.4, -0.2) is 40.3 Å². The zero-order valence-corrected chi connectivity index (χ0v) is 11.9. The van der Waals surface area contributed by atoms with Crippen molar-refractivity contribution < 1.29 is 4.74 Å². The molecular formula is C15H19N3O2. The molecule has 5 nitrogen and oxygen atoms in total. The minimum atomic E-state index is -0.0117. The summed E-state index contributed by atoms with van der Waals surface area (Å²) in [5, 5.41) is 0. The second-order valence-electron chi connectivity index (χ2n) is 5.31. The lowest BCUT2D eigenvalue weighted by atomic mass is 10.2. The van der Waals surface area contributed by atoms with E-state index >= 15 is 0 Å². The van der Waals surface area contributed by atoms with Gasteiger partial charge < -0.3 is 9.30 Å². The lowest BCUT2D eigenvalue weighted by Gasteiger charge is -2.32. The van der Waals surface area contributed by atoms with Gasteiger partial charge in [-0.15, -0.1) is 0 Å². The third kappa shape index (κ3) is 2.34. The molecule has 1 saturated heterocycles. The topological polar surface area (TPSA) is 47.4 Å². The molecule has 1 aromatic heterocycles. The number of hydrogen-bond acceptors (Lipinski definition) is 4. The highest BCUT2D eigenvalue weighted by molar-refractivity contribution is 5.74. The molecule has 2 aromatic rings. The molecule has 1 aliphatic rings. The van der Waals surface area contributed by atoms with Gasteiger partial charge in [-0.3, -0.25) is 9.69 Å². The summed E-state index contributed by atoms with van der Waals surface area (Å²) < 4.78 is 7.11. The van der Waals surface area contributed by atoms with Gasteiger partial charge in [0.1, 0.15) is 5.69 Å². The Labute approximate surface area is 117 Å². The quantitative estimate of drug-likeness (QED) is 0.823. The second kappa shape index (κ2) is 5.34. The Morgan fingerprint density at radius 2 is 2.20 bits per heavy atom. The van der Waals surface area contributed by atoms with E-state index in [1.165, 1.54) is 0 Å². The summed E-state index contributed by atoms with van der Waals surface area (Å²) in [5.41, 5.74) is 2.34. The number of fused-ring (bicyclic) bond motifs is 1. The number of nitrogens with zero attached hydrogens (tertiary/aromatic N) is 3. The van der Waals surface area contributed by atoms with E-state index in [-0.39, 0.29) is 5.56 Å². The monoisotopic (exact) mass is 273 g/mol. The molecule has 1 aliphatic heterocycles. The fraction of sp³-hybridized carbons (Fsp3) is 0.467. The molecule has 0 radical (unpaired) electrons. The first-order valence-electron chi connectivity index (χ1n) is 6.93. The second-order valence-corrected chi connectivity index (χ2v) is 5.31. The van der Waals surface area contributed by atoms with Gasteiger partial charge in [0.2, 0.25) is 0 Å². The van der Waals surface area contributed by atoms with Gasteiger partial charge in [-0.25, -0.2) is 4.98 Å². The molecule has 2 heterocycles. The Balaban J connectivity index is 1.99. The van der Waals surface area contributed by atoms with E-state index in [2.05, 4.69) is 16.8 Å². The molecule has 0 saturated carbocycles. The summed E-state index contributed by atoms with van der Waals surface area (Å²) in [6.45, 7) is 4.98. The van der Waals surface area contributed by atoms with Crippen LogP contribution in [0.4, 0.5) is 0 Å². The minimum Gasteiger partial charge on any atom is -0.379 e. The summed E-state index contributed by atoms with van der Waals surface area (Å²) in [6.07, 6.45) is 0. The van der Waals surface area contributed by atoms with Crippen molar-refractivity contribution in [2.24, 2.45) is 7.05 Å². The smallest absolute Gasteiger partial charge is 0.273 e. The standard InChI is InChI=1S/C15H19N3O2/c1-11-10-20-8-7-18(11)9-13-15(19)17(2)14-6-4-3-5-12(14)16-13/h3-6,11H,7-10H2,1-2H3/t11-/m0/s1. The predicted molar refractivity (Wildman–Crippen MR) is 77.7 cm³/mol. The number of morpholine rings is 1. The average Bonchev–Trinajstić information content (AvgIpc) is 2.47. The van der Waals surface area contributed by atoms with E-state index in [0.29, 0.717) is 24.9 Å². The van der Waals surface area contributed by atoms with Crippen LogP contribution in [0.5, 0.6) is 0 Å². The van der Waals surface area contributed by atoms with Crippen LogP contribution < -0.4 is 5.56 Å². The van der Waals surface area contributed by atoms with Gasteiger partial charge in [0.25, 0.3) is 5.56 Å². The van der Waals surface area contributed by atoms with E-state index in [4.69, 9.17) is 4.74 Å².